The molecule has 0 N–H and O–H groups in total. The van der Waals surface area contributed by atoms with E-state index in [1.54, 1.807) is 18.2 Å². The fourth-order valence-corrected chi connectivity index (χ4v) is 3.29. The van der Waals surface area contributed by atoms with E-state index < -0.39 is 51.3 Å². The normalized spacial score (nSPS) is 10.7. The van der Waals surface area contributed by atoms with Crippen molar-refractivity contribution in [1.82, 2.24) is 0 Å². The van der Waals surface area contributed by atoms with Gasteiger partial charge in [-0.25, -0.2) is 22.0 Å². The summed E-state index contributed by atoms with van der Waals surface area (Å²) >= 11 is 0. The molecule has 0 atom stereocenters. The predicted octanol–water partition coefficient (Wildman–Crippen LogP) is 3.71. The SMILES string of the molecule is N#CC(C#N)=c1cc/c(=C(/C#N)c2c(F)c(F)c(C#N)c(F)c2F)c(-c2ccc(F)c(C#N)c2)c1. The highest BCUT2D eigenvalue weighted by atomic mass is 19.2. The van der Waals surface area contributed by atoms with Crippen molar-refractivity contribution in [2.24, 2.45) is 0 Å². The Morgan fingerprint density at radius 3 is 1.80 bits per heavy atom. The van der Waals surface area contributed by atoms with Crippen LogP contribution in [0.15, 0.2) is 36.4 Å². The van der Waals surface area contributed by atoms with Crippen molar-refractivity contribution in [3.05, 3.63) is 92.6 Å². The Kier molecular flexibility index (Phi) is 6.59. The van der Waals surface area contributed by atoms with Crippen LogP contribution >= 0.6 is 0 Å². The highest BCUT2D eigenvalue weighted by molar-refractivity contribution is 5.83. The second-order valence-electron chi connectivity index (χ2n) is 6.77. The molecule has 10 heteroatoms. The van der Waals surface area contributed by atoms with Crippen LogP contribution in [0.3, 0.4) is 0 Å². The van der Waals surface area contributed by atoms with Crippen LogP contribution in [-0.4, -0.2) is 0 Å². The Balaban J connectivity index is 2.63. The quantitative estimate of drug-likeness (QED) is 0.417. The maximum absolute atomic E-state index is 14.7. The summed E-state index contributed by atoms with van der Waals surface area (Å²) in [6, 6.07) is 13.8. The molecule has 5 nitrogen and oxygen atoms in total. The summed E-state index contributed by atoms with van der Waals surface area (Å²) in [5.74, 6) is -8.90. The zero-order valence-electron chi connectivity index (χ0n) is 17.1. The molecule has 0 heterocycles. The van der Waals surface area contributed by atoms with Gasteiger partial charge in [-0.05, 0) is 29.3 Å². The van der Waals surface area contributed by atoms with E-state index in [4.69, 9.17) is 10.5 Å². The lowest BCUT2D eigenvalue weighted by atomic mass is 9.93. The molecule has 0 radical (unpaired) electrons. The fraction of sp³-hybridized carbons (Fsp3) is 0. The molecular formula is C25H6F5N5. The van der Waals surface area contributed by atoms with Crippen molar-refractivity contribution in [3.8, 4) is 41.5 Å². The molecule has 0 bridgehead atoms. The molecule has 0 aliphatic carbocycles. The number of halogens is 5. The van der Waals surface area contributed by atoms with E-state index in [0.717, 1.165) is 42.5 Å². The van der Waals surface area contributed by atoms with E-state index >= 15 is 0 Å². The zero-order chi connectivity index (χ0) is 25.9. The summed E-state index contributed by atoms with van der Waals surface area (Å²) in [5.41, 5.74) is -4.72. The van der Waals surface area contributed by atoms with Gasteiger partial charge in [-0.3, -0.25) is 0 Å². The average Bonchev–Trinajstić information content (AvgIpc) is 2.87. The molecular weight excluding hydrogens is 465 g/mol. The molecule has 3 aromatic carbocycles. The molecule has 166 valence electrons. The monoisotopic (exact) mass is 471 g/mol. The van der Waals surface area contributed by atoms with Crippen LogP contribution in [0.25, 0.3) is 22.3 Å². The lowest BCUT2D eigenvalue weighted by molar-refractivity contribution is 0.447. The lowest BCUT2D eigenvalue weighted by Crippen LogP contribution is -2.18. The number of hydrogen-bond acceptors (Lipinski definition) is 5. The molecule has 0 fully saturated rings. The predicted molar refractivity (Wildman–Crippen MR) is 110 cm³/mol. The maximum Gasteiger partial charge on any atom is 0.180 e. The van der Waals surface area contributed by atoms with Gasteiger partial charge in [-0.2, -0.15) is 26.3 Å². The van der Waals surface area contributed by atoms with Crippen LogP contribution in [-0.2, 0) is 0 Å². The Morgan fingerprint density at radius 2 is 1.29 bits per heavy atom. The molecule has 0 amide bonds. The van der Waals surface area contributed by atoms with Gasteiger partial charge in [0.1, 0.15) is 47.3 Å². The molecule has 0 unspecified atom stereocenters. The van der Waals surface area contributed by atoms with Gasteiger partial charge in [0, 0.05) is 10.4 Å². The summed E-state index contributed by atoms with van der Waals surface area (Å²) in [4.78, 5) is 0. The van der Waals surface area contributed by atoms with E-state index in [1.807, 2.05) is 0 Å². The van der Waals surface area contributed by atoms with Gasteiger partial charge in [0.05, 0.1) is 16.7 Å². The highest BCUT2D eigenvalue weighted by Gasteiger charge is 2.28. The molecule has 0 saturated heterocycles. The van der Waals surface area contributed by atoms with E-state index in [1.165, 1.54) is 6.07 Å². The Labute approximate surface area is 194 Å². The zero-order valence-corrected chi connectivity index (χ0v) is 17.1. The van der Waals surface area contributed by atoms with E-state index in [-0.39, 0.29) is 27.1 Å². The van der Waals surface area contributed by atoms with Crippen molar-refractivity contribution < 1.29 is 22.0 Å². The van der Waals surface area contributed by atoms with Crippen LogP contribution < -0.4 is 10.4 Å². The van der Waals surface area contributed by atoms with Crippen LogP contribution in [0.2, 0.25) is 0 Å². The summed E-state index contributed by atoms with van der Waals surface area (Å²) in [6.45, 7) is 0. The van der Waals surface area contributed by atoms with Gasteiger partial charge in [0.15, 0.2) is 23.3 Å². The minimum Gasteiger partial charge on any atom is -0.206 e. The van der Waals surface area contributed by atoms with Crippen LogP contribution in [0, 0.1) is 85.7 Å². The third-order valence-electron chi connectivity index (χ3n) is 4.94. The fourth-order valence-electron chi connectivity index (χ4n) is 3.29. The number of rotatable bonds is 2. The third-order valence-corrected chi connectivity index (χ3v) is 4.94. The molecule has 0 saturated carbocycles. The molecule has 0 spiro atoms. The van der Waals surface area contributed by atoms with Gasteiger partial charge in [-0.1, -0.05) is 18.2 Å². The molecule has 3 rings (SSSR count). The lowest BCUT2D eigenvalue weighted by Gasteiger charge is -2.11. The molecule has 35 heavy (non-hydrogen) atoms. The topological polar surface area (TPSA) is 119 Å². The van der Waals surface area contributed by atoms with Crippen LogP contribution in [0.1, 0.15) is 16.7 Å². The first-order chi connectivity index (χ1) is 16.7. The second kappa shape index (κ2) is 9.55. The maximum atomic E-state index is 14.7. The average molecular weight is 471 g/mol. The van der Waals surface area contributed by atoms with Gasteiger partial charge < -0.3 is 0 Å². The van der Waals surface area contributed by atoms with Crippen molar-refractivity contribution in [2.45, 2.75) is 0 Å². The van der Waals surface area contributed by atoms with Gasteiger partial charge in [-0.15, -0.1) is 0 Å². The van der Waals surface area contributed by atoms with E-state index in [2.05, 4.69) is 0 Å². The summed E-state index contributed by atoms with van der Waals surface area (Å²) in [6.07, 6.45) is 0. The Hall–Kier alpha value is -5.50. The Morgan fingerprint density at radius 1 is 0.657 bits per heavy atom. The number of hydrogen-bond donors (Lipinski definition) is 0. The van der Waals surface area contributed by atoms with Crippen LogP contribution in [0.4, 0.5) is 22.0 Å². The summed E-state index contributed by atoms with van der Waals surface area (Å²) in [5, 5.41) is 45.7. The number of nitrogens with zero attached hydrogens (tertiary/aromatic N) is 5. The minimum absolute atomic E-state index is 0.00649. The van der Waals surface area contributed by atoms with Gasteiger partial charge >= 0.3 is 0 Å². The summed E-state index contributed by atoms with van der Waals surface area (Å²) in [7, 11) is 0. The first-order valence-corrected chi connectivity index (χ1v) is 9.29. The van der Waals surface area contributed by atoms with Crippen molar-refractivity contribution >= 4 is 11.1 Å². The van der Waals surface area contributed by atoms with Crippen molar-refractivity contribution in [3.63, 3.8) is 0 Å². The summed E-state index contributed by atoms with van der Waals surface area (Å²) < 4.78 is 71.9. The smallest absolute Gasteiger partial charge is 0.180 e. The molecule has 0 aliphatic rings. The van der Waals surface area contributed by atoms with E-state index in [0.29, 0.717) is 0 Å². The number of nitriles is 5. The van der Waals surface area contributed by atoms with Crippen LogP contribution in [0.5, 0.6) is 0 Å². The molecule has 0 aromatic heterocycles. The molecule has 0 aliphatic heterocycles. The van der Waals surface area contributed by atoms with Gasteiger partial charge in [0.2, 0.25) is 0 Å². The minimum atomic E-state index is -2.01. The molecule has 3 aromatic rings. The standard InChI is InChI=1S/C25H6F5N5/c26-20-4-2-13(5-14(20)7-31)17-6-12(15(8-32)9-33)1-3-16(17)18(10-34)21-24(29)22(27)19(11-35)23(28)25(21)30/h1-6H/b18-16+. The third kappa shape index (κ3) is 4.03. The second-order valence-corrected chi connectivity index (χ2v) is 6.77. The first kappa shape index (κ1) is 24.1. The largest absolute Gasteiger partial charge is 0.206 e. The van der Waals surface area contributed by atoms with E-state index in [9.17, 15) is 37.7 Å². The van der Waals surface area contributed by atoms with Crippen molar-refractivity contribution in [1.29, 1.82) is 26.3 Å². The Bertz CT molecular complexity index is 1710. The van der Waals surface area contributed by atoms with Crippen molar-refractivity contribution in [2.75, 3.05) is 0 Å². The number of benzene rings is 3. The van der Waals surface area contributed by atoms with Gasteiger partial charge in [0.25, 0.3) is 0 Å². The highest BCUT2D eigenvalue weighted by Crippen LogP contribution is 2.28. The first-order valence-electron chi connectivity index (χ1n) is 9.29.